The van der Waals surface area contributed by atoms with E-state index in [0.29, 0.717) is 0 Å². The largest absolute Gasteiger partial charge is 0.491 e. The van der Waals surface area contributed by atoms with Crippen LogP contribution in [0.15, 0.2) is 12.1 Å². The molecule has 0 aromatic heterocycles. The van der Waals surface area contributed by atoms with Crippen LogP contribution in [0.2, 0.25) is 5.02 Å². The molecule has 1 aromatic rings. The molecule has 2 N–H and O–H groups in total. The molecule has 17 heavy (non-hydrogen) atoms. The second kappa shape index (κ2) is 5.44. The normalized spacial score (nSPS) is 11.6. The van der Waals surface area contributed by atoms with Crippen molar-refractivity contribution in [3.8, 4) is 5.75 Å². The zero-order valence-electron chi connectivity index (χ0n) is 8.65. The van der Waals surface area contributed by atoms with Crippen molar-refractivity contribution < 1.29 is 22.3 Å². The third kappa shape index (κ3) is 4.68. The molecule has 0 saturated carbocycles. The average Bonchev–Trinajstić information content (AvgIpc) is 2.18. The van der Waals surface area contributed by atoms with Crippen molar-refractivity contribution in [2.24, 2.45) is 0 Å². The molecule has 0 radical (unpaired) electrons. The van der Waals surface area contributed by atoms with Gasteiger partial charge in [0.1, 0.15) is 11.6 Å². The molecule has 0 atom stereocenters. The maximum absolute atomic E-state index is 12.9. The summed E-state index contributed by atoms with van der Waals surface area (Å²) in [5, 5.41) is -0.190. The highest BCUT2D eigenvalue weighted by molar-refractivity contribution is 6.31. The molecule has 0 aliphatic rings. The summed E-state index contributed by atoms with van der Waals surface area (Å²) in [6.07, 6.45) is -5.35. The number of nitrogen functional groups attached to an aromatic ring is 1. The Morgan fingerprint density at radius 2 is 1.94 bits per heavy atom. The molecule has 0 spiro atoms. The Labute approximate surface area is 100 Å². The standard InChI is InChI=1S/C10H10ClF4NO/c11-6-4-9(8(16)5-7(6)12)17-3-1-2-10(13,14)15/h4-5H,1-3,16H2. The SMILES string of the molecule is Nc1cc(F)c(Cl)cc1OCCCC(F)(F)F. The van der Waals surface area contributed by atoms with E-state index >= 15 is 0 Å². The monoisotopic (exact) mass is 271 g/mol. The molecule has 0 fully saturated rings. The number of hydrogen-bond donors (Lipinski definition) is 1. The highest BCUT2D eigenvalue weighted by atomic mass is 35.5. The van der Waals surface area contributed by atoms with Gasteiger partial charge in [-0.05, 0) is 6.42 Å². The summed E-state index contributed by atoms with van der Waals surface area (Å²) in [6, 6.07) is 2.10. The van der Waals surface area contributed by atoms with Crippen LogP contribution in [0.25, 0.3) is 0 Å². The van der Waals surface area contributed by atoms with Crippen LogP contribution in [0.3, 0.4) is 0 Å². The highest BCUT2D eigenvalue weighted by Gasteiger charge is 2.26. The van der Waals surface area contributed by atoms with Crippen molar-refractivity contribution in [1.82, 2.24) is 0 Å². The molecule has 1 aromatic carbocycles. The van der Waals surface area contributed by atoms with Crippen molar-refractivity contribution in [2.45, 2.75) is 19.0 Å². The van der Waals surface area contributed by atoms with Crippen molar-refractivity contribution in [3.05, 3.63) is 23.0 Å². The number of anilines is 1. The zero-order chi connectivity index (χ0) is 13.1. The second-order valence-corrected chi connectivity index (χ2v) is 3.78. The Bertz CT molecular complexity index is 395. The predicted octanol–water partition coefficient (Wildman–Crippen LogP) is 3.78. The Morgan fingerprint density at radius 1 is 1.29 bits per heavy atom. The maximum atomic E-state index is 12.9. The first-order chi connectivity index (χ1) is 7.79. The Hall–Kier alpha value is -1.17. The number of rotatable bonds is 4. The summed E-state index contributed by atoms with van der Waals surface area (Å²) >= 11 is 5.48. The number of nitrogens with two attached hydrogens (primary N) is 1. The van der Waals surface area contributed by atoms with Crippen LogP contribution in [0, 0.1) is 5.82 Å². The van der Waals surface area contributed by atoms with Crippen LogP contribution >= 0.6 is 11.6 Å². The number of ether oxygens (including phenoxy) is 1. The van der Waals surface area contributed by atoms with Gasteiger partial charge in [0, 0.05) is 18.6 Å². The molecular weight excluding hydrogens is 262 g/mol. The van der Waals surface area contributed by atoms with Crippen LogP contribution in [0.5, 0.6) is 5.75 Å². The first kappa shape index (κ1) is 13.9. The zero-order valence-corrected chi connectivity index (χ0v) is 9.41. The van der Waals surface area contributed by atoms with E-state index in [4.69, 9.17) is 22.1 Å². The predicted molar refractivity (Wildman–Crippen MR) is 56.6 cm³/mol. The lowest BCUT2D eigenvalue weighted by Gasteiger charge is -2.10. The van der Waals surface area contributed by atoms with Gasteiger partial charge in [-0.1, -0.05) is 11.6 Å². The summed E-state index contributed by atoms with van der Waals surface area (Å²) in [5.74, 6) is -0.620. The fraction of sp³-hybridized carbons (Fsp3) is 0.400. The van der Waals surface area contributed by atoms with E-state index < -0.39 is 18.4 Å². The highest BCUT2D eigenvalue weighted by Crippen LogP contribution is 2.29. The smallest absolute Gasteiger partial charge is 0.389 e. The molecule has 0 unspecified atom stereocenters. The molecule has 1 rings (SSSR count). The van der Waals surface area contributed by atoms with Gasteiger partial charge in [-0.25, -0.2) is 4.39 Å². The van der Waals surface area contributed by atoms with Crippen molar-refractivity contribution in [3.63, 3.8) is 0 Å². The molecule has 96 valence electrons. The van der Waals surface area contributed by atoms with E-state index in [9.17, 15) is 17.6 Å². The topological polar surface area (TPSA) is 35.2 Å². The minimum Gasteiger partial charge on any atom is -0.491 e. The van der Waals surface area contributed by atoms with E-state index in [0.717, 1.165) is 12.1 Å². The van der Waals surface area contributed by atoms with E-state index in [1.807, 2.05) is 0 Å². The lowest BCUT2D eigenvalue weighted by atomic mass is 10.3. The van der Waals surface area contributed by atoms with Gasteiger partial charge in [0.15, 0.2) is 0 Å². The van der Waals surface area contributed by atoms with Gasteiger partial charge in [0.25, 0.3) is 0 Å². The van der Waals surface area contributed by atoms with Gasteiger partial charge in [-0.3, -0.25) is 0 Å². The lowest BCUT2D eigenvalue weighted by Crippen LogP contribution is -2.10. The number of hydrogen-bond acceptors (Lipinski definition) is 2. The summed E-state index contributed by atoms with van der Waals surface area (Å²) in [5.41, 5.74) is 5.41. The minimum absolute atomic E-state index is 0.00101. The molecule has 2 nitrogen and oxygen atoms in total. The molecule has 0 bridgehead atoms. The molecular formula is C10H10ClF4NO. The van der Waals surface area contributed by atoms with Gasteiger partial charge in [0.05, 0.1) is 17.3 Å². The fourth-order valence-electron chi connectivity index (χ4n) is 1.12. The van der Waals surface area contributed by atoms with Gasteiger partial charge in [-0.15, -0.1) is 0 Å². The van der Waals surface area contributed by atoms with E-state index in [2.05, 4.69) is 0 Å². The van der Waals surface area contributed by atoms with Gasteiger partial charge >= 0.3 is 6.18 Å². The maximum Gasteiger partial charge on any atom is 0.389 e. The summed E-state index contributed by atoms with van der Waals surface area (Å²) in [4.78, 5) is 0. The van der Waals surface area contributed by atoms with Gasteiger partial charge in [-0.2, -0.15) is 13.2 Å². The van der Waals surface area contributed by atoms with E-state index in [1.54, 1.807) is 0 Å². The number of benzene rings is 1. The summed E-state index contributed by atoms with van der Waals surface area (Å²) < 4.78 is 53.4. The van der Waals surface area contributed by atoms with Crippen LogP contribution in [0.1, 0.15) is 12.8 Å². The van der Waals surface area contributed by atoms with Crippen LogP contribution in [0.4, 0.5) is 23.2 Å². The van der Waals surface area contributed by atoms with Crippen molar-refractivity contribution in [1.29, 1.82) is 0 Å². The number of alkyl halides is 3. The average molecular weight is 272 g/mol. The lowest BCUT2D eigenvalue weighted by molar-refractivity contribution is -0.136. The summed E-state index contributed by atoms with van der Waals surface area (Å²) in [6.45, 7) is -0.161. The first-order valence-electron chi connectivity index (χ1n) is 4.73. The molecule has 0 aliphatic carbocycles. The Morgan fingerprint density at radius 3 is 2.53 bits per heavy atom. The van der Waals surface area contributed by atoms with Crippen molar-refractivity contribution in [2.75, 3.05) is 12.3 Å². The van der Waals surface area contributed by atoms with Crippen molar-refractivity contribution >= 4 is 17.3 Å². The third-order valence-electron chi connectivity index (χ3n) is 1.91. The van der Waals surface area contributed by atoms with Crippen LogP contribution in [-0.4, -0.2) is 12.8 Å². The van der Waals surface area contributed by atoms with Crippen LogP contribution in [-0.2, 0) is 0 Å². The third-order valence-corrected chi connectivity index (χ3v) is 2.20. The second-order valence-electron chi connectivity index (χ2n) is 3.37. The fourth-order valence-corrected chi connectivity index (χ4v) is 1.28. The van der Waals surface area contributed by atoms with E-state index in [1.165, 1.54) is 0 Å². The molecule has 0 heterocycles. The molecule has 0 saturated heterocycles. The van der Waals surface area contributed by atoms with Crippen LogP contribution < -0.4 is 10.5 Å². The molecule has 0 amide bonds. The quantitative estimate of drug-likeness (QED) is 0.514. The first-order valence-corrected chi connectivity index (χ1v) is 5.11. The van der Waals surface area contributed by atoms with E-state index in [-0.39, 0.29) is 29.5 Å². The van der Waals surface area contributed by atoms with Gasteiger partial charge in [0.2, 0.25) is 0 Å². The molecule has 7 heteroatoms. The number of halogens is 5. The van der Waals surface area contributed by atoms with Gasteiger partial charge < -0.3 is 10.5 Å². The Balaban J connectivity index is 2.50. The Kier molecular flexibility index (Phi) is 4.45. The summed E-state index contributed by atoms with van der Waals surface area (Å²) in [7, 11) is 0. The molecule has 0 aliphatic heterocycles. The minimum atomic E-state index is -4.21.